The van der Waals surface area contributed by atoms with E-state index in [1.54, 1.807) is 0 Å². The summed E-state index contributed by atoms with van der Waals surface area (Å²) in [5, 5.41) is 3.38. The Morgan fingerprint density at radius 2 is 1.05 bits per heavy atom. The third-order valence-corrected chi connectivity index (χ3v) is 2.72. The molecule has 0 fully saturated rings. The number of anilines is 3. The zero-order chi connectivity index (χ0) is 16.3. The van der Waals surface area contributed by atoms with Gasteiger partial charge in [-0.2, -0.15) is 0 Å². The second-order valence-electron chi connectivity index (χ2n) is 4.43. The van der Waals surface area contributed by atoms with Crippen molar-refractivity contribution in [2.75, 3.05) is 24.3 Å². The molecule has 0 heterocycles. The number of benzene rings is 2. The summed E-state index contributed by atoms with van der Waals surface area (Å²) in [4.78, 5) is 2.09. The Bertz CT molecular complexity index is 470. The molecule has 2 aromatic carbocycles. The van der Waals surface area contributed by atoms with Gasteiger partial charge in [-0.15, -0.1) is 0 Å². The van der Waals surface area contributed by atoms with E-state index in [4.69, 9.17) is 0 Å². The van der Waals surface area contributed by atoms with Gasteiger partial charge >= 0.3 is 0 Å². The lowest BCUT2D eigenvalue weighted by Crippen LogP contribution is -2.08. The van der Waals surface area contributed by atoms with Gasteiger partial charge in [-0.1, -0.05) is 45.4 Å². The van der Waals surface area contributed by atoms with Gasteiger partial charge in [0.15, 0.2) is 0 Å². The predicted molar refractivity (Wildman–Crippen MR) is 97.9 cm³/mol. The number of aryl methyl sites for hydroxylation is 1. The van der Waals surface area contributed by atoms with Crippen LogP contribution in [-0.2, 0) is 0 Å². The highest BCUT2D eigenvalue weighted by Gasteiger charge is 1.96. The van der Waals surface area contributed by atoms with Crippen LogP contribution in [0.3, 0.4) is 0 Å². The molecular formula is C19H30N2. The average Bonchev–Trinajstić information content (AvgIpc) is 2.54. The summed E-state index contributed by atoms with van der Waals surface area (Å²) in [6.07, 6.45) is 0. The fourth-order valence-corrected chi connectivity index (χ4v) is 1.65. The summed E-state index contributed by atoms with van der Waals surface area (Å²) >= 11 is 0. The van der Waals surface area contributed by atoms with Crippen molar-refractivity contribution >= 4 is 17.1 Å². The molecule has 2 aromatic rings. The number of hydrogen-bond acceptors (Lipinski definition) is 2. The summed E-state index contributed by atoms with van der Waals surface area (Å²) < 4.78 is 0. The van der Waals surface area contributed by atoms with Gasteiger partial charge in [0.1, 0.15) is 0 Å². The molecule has 0 bridgehead atoms. The van der Waals surface area contributed by atoms with Crippen molar-refractivity contribution in [3.8, 4) is 0 Å². The molecule has 0 aliphatic carbocycles. The lowest BCUT2D eigenvalue weighted by Gasteiger charge is -2.13. The summed E-state index contributed by atoms with van der Waals surface area (Å²) in [5.41, 5.74) is 4.71. The van der Waals surface area contributed by atoms with Gasteiger partial charge in [0.25, 0.3) is 0 Å². The van der Waals surface area contributed by atoms with E-state index in [9.17, 15) is 0 Å². The van der Waals surface area contributed by atoms with Crippen LogP contribution >= 0.6 is 0 Å². The quantitative estimate of drug-likeness (QED) is 0.760. The Kier molecular flexibility index (Phi) is 9.78. The molecule has 21 heavy (non-hydrogen) atoms. The van der Waals surface area contributed by atoms with Crippen molar-refractivity contribution in [3.05, 3.63) is 54.1 Å². The van der Waals surface area contributed by atoms with Crippen LogP contribution in [-0.4, -0.2) is 14.1 Å². The molecule has 0 aliphatic rings. The van der Waals surface area contributed by atoms with Crippen LogP contribution in [0.25, 0.3) is 0 Å². The first-order chi connectivity index (χ1) is 10.1. The fraction of sp³-hybridized carbons (Fsp3) is 0.368. The van der Waals surface area contributed by atoms with Crippen LogP contribution in [0.2, 0.25) is 0 Å². The Labute approximate surface area is 130 Å². The zero-order valence-corrected chi connectivity index (χ0v) is 14.6. The molecule has 2 heteroatoms. The van der Waals surface area contributed by atoms with E-state index in [0.717, 1.165) is 11.4 Å². The first-order valence-electron chi connectivity index (χ1n) is 7.76. The van der Waals surface area contributed by atoms with Gasteiger partial charge in [0.05, 0.1) is 0 Å². The molecule has 116 valence electrons. The molecule has 2 nitrogen and oxygen atoms in total. The standard InChI is InChI=1S/C15H18N2.2C2H6/c1-12-4-6-13(7-5-12)16-14-8-10-15(11-9-14)17(2)3;2*1-2/h4-11,16H,1-3H3;2*1-2H3. The number of hydrogen-bond donors (Lipinski definition) is 1. The van der Waals surface area contributed by atoms with Crippen molar-refractivity contribution in [1.29, 1.82) is 0 Å². The highest BCUT2D eigenvalue weighted by Crippen LogP contribution is 2.20. The Morgan fingerprint density at radius 1 is 0.667 bits per heavy atom. The fourth-order valence-electron chi connectivity index (χ4n) is 1.65. The molecular weight excluding hydrogens is 256 g/mol. The Balaban J connectivity index is 0.000000921. The van der Waals surface area contributed by atoms with Crippen LogP contribution in [0.5, 0.6) is 0 Å². The first-order valence-corrected chi connectivity index (χ1v) is 7.76. The van der Waals surface area contributed by atoms with Gasteiger partial charge in [-0.05, 0) is 43.3 Å². The van der Waals surface area contributed by atoms with Crippen LogP contribution < -0.4 is 10.2 Å². The van der Waals surface area contributed by atoms with Gasteiger partial charge < -0.3 is 10.2 Å². The lowest BCUT2D eigenvalue weighted by molar-refractivity contribution is 1.13. The van der Waals surface area contributed by atoms with Crippen molar-refractivity contribution in [2.24, 2.45) is 0 Å². The minimum absolute atomic E-state index is 1.11. The Hall–Kier alpha value is -1.96. The molecule has 0 atom stereocenters. The van der Waals surface area contributed by atoms with E-state index < -0.39 is 0 Å². The van der Waals surface area contributed by atoms with Crippen LogP contribution in [0, 0.1) is 6.92 Å². The largest absolute Gasteiger partial charge is 0.378 e. The number of nitrogens with one attached hydrogen (secondary N) is 1. The lowest BCUT2D eigenvalue weighted by atomic mass is 10.2. The minimum atomic E-state index is 1.11. The van der Waals surface area contributed by atoms with E-state index in [1.165, 1.54) is 11.3 Å². The van der Waals surface area contributed by atoms with Gasteiger partial charge in [0, 0.05) is 31.2 Å². The van der Waals surface area contributed by atoms with Crippen LogP contribution in [0.1, 0.15) is 33.3 Å². The SMILES string of the molecule is CC.CC.Cc1ccc(Nc2ccc(N(C)C)cc2)cc1. The second-order valence-corrected chi connectivity index (χ2v) is 4.43. The van der Waals surface area contributed by atoms with Gasteiger partial charge in [-0.3, -0.25) is 0 Å². The topological polar surface area (TPSA) is 15.3 Å². The summed E-state index contributed by atoms with van der Waals surface area (Å²) in [5.74, 6) is 0. The molecule has 0 aromatic heterocycles. The third kappa shape index (κ3) is 6.84. The minimum Gasteiger partial charge on any atom is -0.378 e. The second kappa shape index (κ2) is 10.8. The Morgan fingerprint density at radius 3 is 1.43 bits per heavy atom. The average molecular weight is 286 g/mol. The normalized spacial score (nSPS) is 8.71. The van der Waals surface area contributed by atoms with E-state index in [1.807, 2.05) is 41.8 Å². The van der Waals surface area contributed by atoms with E-state index in [0.29, 0.717) is 0 Å². The zero-order valence-electron chi connectivity index (χ0n) is 14.6. The predicted octanol–water partition coefficient (Wildman–Crippen LogP) is 5.86. The monoisotopic (exact) mass is 286 g/mol. The summed E-state index contributed by atoms with van der Waals surface area (Å²) in [6, 6.07) is 16.8. The van der Waals surface area contributed by atoms with E-state index in [2.05, 4.69) is 65.7 Å². The van der Waals surface area contributed by atoms with Gasteiger partial charge in [0.2, 0.25) is 0 Å². The highest BCUT2D eigenvalue weighted by molar-refractivity contribution is 5.62. The highest BCUT2D eigenvalue weighted by atomic mass is 15.1. The molecule has 0 spiro atoms. The third-order valence-electron chi connectivity index (χ3n) is 2.72. The number of nitrogens with zero attached hydrogens (tertiary/aromatic N) is 1. The maximum atomic E-state index is 3.38. The van der Waals surface area contributed by atoms with Crippen molar-refractivity contribution in [2.45, 2.75) is 34.6 Å². The van der Waals surface area contributed by atoms with Crippen LogP contribution in [0.15, 0.2) is 48.5 Å². The smallest absolute Gasteiger partial charge is 0.0385 e. The summed E-state index contributed by atoms with van der Waals surface area (Å²) in [7, 11) is 4.09. The number of rotatable bonds is 3. The summed E-state index contributed by atoms with van der Waals surface area (Å²) in [6.45, 7) is 10.1. The molecule has 2 rings (SSSR count). The molecule has 0 radical (unpaired) electrons. The molecule has 0 amide bonds. The van der Waals surface area contributed by atoms with Crippen molar-refractivity contribution in [1.82, 2.24) is 0 Å². The molecule has 1 N–H and O–H groups in total. The maximum absolute atomic E-state index is 3.38. The molecule has 0 saturated carbocycles. The van der Waals surface area contributed by atoms with Crippen LogP contribution in [0.4, 0.5) is 17.1 Å². The van der Waals surface area contributed by atoms with E-state index in [-0.39, 0.29) is 0 Å². The van der Waals surface area contributed by atoms with Gasteiger partial charge in [-0.25, -0.2) is 0 Å². The van der Waals surface area contributed by atoms with Crippen molar-refractivity contribution in [3.63, 3.8) is 0 Å². The maximum Gasteiger partial charge on any atom is 0.0385 e. The van der Waals surface area contributed by atoms with Crippen molar-refractivity contribution < 1.29 is 0 Å². The molecule has 0 saturated heterocycles. The van der Waals surface area contributed by atoms with E-state index >= 15 is 0 Å². The molecule has 0 aliphatic heterocycles. The molecule has 0 unspecified atom stereocenters. The first kappa shape index (κ1) is 19.0.